The van der Waals surface area contributed by atoms with Crippen LogP contribution in [-0.2, 0) is 4.79 Å². The van der Waals surface area contributed by atoms with E-state index in [1.165, 1.54) is 0 Å². The summed E-state index contributed by atoms with van der Waals surface area (Å²) in [5, 5.41) is 3.29. The van der Waals surface area contributed by atoms with E-state index < -0.39 is 0 Å². The number of hydrogen-bond donors (Lipinski definition) is 2. The summed E-state index contributed by atoms with van der Waals surface area (Å²) >= 11 is 5.94. The molecular formula is C11H14ClN3O. The fourth-order valence-electron chi connectivity index (χ4n) is 1.85. The van der Waals surface area contributed by atoms with Crippen LogP contribution in [0.2, 0.25) is 5.02 Å². The maximum absolute atomic E-state index is 12.0. The predicted octanol–water partition coefficient (Wildman–Crippen LogP) is 1.80. The Hall–Kier alpha value is -1.13. The van der Waals surface area contributed by atoms with Crippen molar-refractivity contribution in [2.24, 2.45) is 11.1 Å². The van der Waals surface area contributed by atoms with Crippen LogP contribution < -0.4 is 11.1 Å². The zero-order valence-corrected chi connectivity index (χ0v) is 9.63. The van der Waals surface area contributed by atoms with Crippen molar-refractivity contribution in [3.63, 3.8) is 0 Å². The smallest absolute Gasteiger partial charge is 0.231 e. The average Bonchev–Trinajstić information content (AvgIpc) is 2.21. The van der Waals surface area contributed by atoms with Gasteiger partial charge in [0.05, 0.1) is 22.3 Å². The van der Waals surface area contributed by atoms with E-state index in [4.69, 9.17) is 17.3 Å². The number of pyridine rings is 1. The third-order valence-electron chi connectivity index (χ3n) is 3.20. The summed E-state index contributed by atoms with van der Waals surface area (Å²) in [6, 6.07) is 1.65. The highest BCUT2D eigenvalue weighted by molar-refractivity contribution is 6.33. The lowest BCUT2D eigenvalue weighted by atomic mass is 9.68. The number of anilines is 1. The van der Waals surface area contributed by atoms with Gasteiger partial charge in [-0.25, -0.2) is 0 Å². The van der Waals surface area contributed by atoms with Crippen LogP contribution in [0.5, 0.6) is 0 Å². The van der Waals surface area contributed by atoms with E-state index in [1.54, 1.807) is 18.5 Å². The zero-order valence-electron chi connectivity index (χ0n) is 8.87. The molecule has 0 bridgehead atoms. The first-order valence-corrected chi connectivity index (χ1v) is 5.67. The molecule has 0 aromatic carbocycles. The van der Waals surface area contributed by atoms with Crippen molar-refractivity contribution < 1.29 is 4.79 Å². The van der Waals surface area contributed by atoms with Crippen LogP contribution in [0.25, 0.3) is 0 Å². The molecule has 5 heteroatoms. The molecule has 0 spiro atoms. The first-order chi connectivity index (χ1) is 7.68. The molecule has 86 valence electrons. The number of nitrogens with one attached hydrogen (secondary N) is 1. The van der Waals surface area contributed by atoms with Gasteiger partial charge in [0.25, 0.3) is 0 Å². The van der Waals surface area contributed by atoms with Crippen LogP contribution in [-0.4, -0.2) is 17.4 Å². The normalized spacial score (nSPS) is 17.6. The number of halogens is 1. The number of carbonyl (C=O) groups excluding carboxylic acids is 1. The van der Waals surface area contributed by atoms with Gasteiger partial charge >= 0.3 is 0 Å². The highest BCUT2D eigenvalue weighted by Gasteiger charge is 2.42. The highest BCUT2D eigenvalue weighted by atomic mass is 35.5. The molecule has 1 aliphatic rings. The molecule has 1 aromatic rings. The van der Waals surface area contributed by atoms with Crippen molar-refractivity contribution in [3.05, 3.63) is 23.5 Å². The lowest BCUT2D eigenvalue weighted by molar-refractivity contribution is -0.129. The lowest BCUT2D eigenvalue weighted by Crippen LogP contribution is -2.47. The Kier molecular flexibility index (Phi) is 3.12. The third kappa shape index (κ3) is 1.90. The summed E-state index contributed by atoms with van der Waals surface area (Å²) in [4.78, 5) is 15.9. The highest BCUT2D eigenvalue weighted by Crippen LogP contribution is 2.41. The number of amides is 1. The molecule has 1 aliphatic carbocycles. The van der Waals surface area contributed by atoms with E-state index in [1.807, 2.05) is 0 Å². The first kappa shape index (κ1) is 11.4. The molecule has 0 saturated heterocycles. The molecule has 2 rings (SSSR count). The van der Waals surface area contributed by atoms with Crippen molar-refractivity contribution in [3.8, 4) is 0 Å². The average molecular weight is 240 g/mol. The van der Waals surface area contributed by atoms with E-state index in [9.17, 15) is 4.79 Å². The van der Waals surface area contributed by atoms with E-state index in [-0.39, 0.29) is 11.3 Å². The third-order valence-corrected chi connectivity index (χ3v) is 3.53. The van der Waals surface area contributed by atoms with Gasteiger partial charge in [0.2, 0.25) is 5.91 Å². The van der Waals surface area contributed by atoms with Gasteiger partial charge in [-0.05, 0) is 18.9 Å². The molecule has 0 atom stereocenters. The molecule has 0 unspecified atom stereocenters. The minimum Gasteiger partial charge on any atom is -0.329 e. The van der Waals surface area contributed by atoms with E-state index >= 15 is 0 Å². The van der Waals surface area contributed by atoms with E-state index in [0.29, 0.717) is 17.3 Å². The van der Waals surface area contributed by atoms with Crippen molar-refractivity contribution in [2.75, 3.05) is 11.9 Å². The monoisotopic (exact) mass is 239 g/mol. The van der Waals surface area contributed by atoms with Gasteiger partial charge in [-0.15, -0.1) is 0 Å². The SMILES string of the molecule is NCC1(C(=O)Nc2cnccc2Cl)CCC1. The van der Waals surface area contributed by atoms with Gasteiger partial charge in [0.15, 0.2) is 0 Å². The summed E-state index contributed by atoms with van der Waals surface area (Å²) in [6.07, 6.45) is 5.90. The standard InChI is InChI=1S/C11H14ClN3O/c12-8-2-5-14-6-9(8)15-10(16)11(7-13)3-1-4-11/h2,5-6H,1,3-4,7,13H2,(H,15,16). The molecule has 1 heterocycles. The molecule has 1 amide bonds. The largest absolute Gasteiger partial charge is 0.329 e. The Bertz CT molecular complexity index is 398. The second kappa shape index (κ2) is 4.39. The number of carbonyl (C=O) groups is 1. The number of rotatable bonds is 3. The lowest BCUT2D eigenvalue weighted by Gasteiger charge is -2.39. The molecule has 1 fully saturated rings. The van der Waals surface area contributed by atoms with Crippen molar-refractivity contribution >= 4 is 23.2 Å². The Morgan fingerprint density at radius 1 is 1.62 bits per heavy atom. The number of nitrogens with two attached hydrogens (primary N) is 1. The summed E-state index contributed by atoms with van der Waals surface area (Å²) in [6.45, 7) is 0.386. The number of nitrogens with zero attached hydrogens (tertiary/aromatic N) is 1. The topological polar surface area (TPSA) is 68.0 Å². The van der Waals surface area contributed by atoms with Crippen molar-refractivity contribution in [1.29, 1.82) is 0 Å². The van der Waals surface area contributed by atoms with Crippen LogP contribution in [0.15, 0.2) is 18.5 Å². The minimum atomic E-state index is -0.390. The quantitative estimate of drug-likeness (QED) is 0.845. The van der Waals surface area contributed by atoms with Gasteiger partial charge in [0, 0.05) is 12.7 Å². The predicted molar refractivity (Wildman–Crippen MR) is 63.2 cm³/mol. The Morgan fingerprint density at radius 2 is 2.38 bits per heavy atom. The molecule has 16 heavy (non-hydrogen) atoms. The van der Waals surface area contributed by atoms with Gasteiger partial charge in [0.1, 0.15) is 0 Å². The second-order valence-corrected chi connectivity index (χ2v) is 4.55. The maximum Gasteiger partial charge on any atom is 0.231 e. The molecule has 0 radical (unpaired) electrons. The van der Waals surface area contributed by atoms with E-state index in [2.05, 4.69) is 10.3 Å². The van der Waals surface area contributed by atoms with Crippen molar-refractivity contribution in [1.82, 2.24) is 4.98 Å². The minimum absolute atomic E-state index is 0.0452. The summed E-state index contributed by atoms with van der Waals surface area (Å²) in [5.74, 6) is -0.0452. The van der Waals surface area contributed by atoms with Crippen LogP contribution in [0.3, 0.4) is 0 Å². The maximum atomic E-state index is 12.0. The Balaban J connectivity index is 2.10. The molecule has 4 nitrogen and oxygen atoms in total. The Morgan fingerprint density at radius 3 is 2.88 bits per heavy atom. The fraction of sp³-hybridized carbons (Fsp3) is 0.455. The summed E-state index contributed by atoms with van der Waals surface area (Å²) in [5.41, 5.74) is 5.81. The molecule has 3 N–H and O–H groups in total. The van der Waals surface area contributed by atoms with Crippen LogP contribution in [0.4, 0.5) is 5.69 Å². The molecule has 1 aromatic heterocycles. The van der Waals surface area contributed by atoms with Crippen LogP contribution >= 0.6 is 11.6 Å². The van der Waals surface area contributed by atoms with Gasteiger partial charge in [-0.2, -0.15) is 0 Å². The Labute approximate surface area is 99.2 Å². The number of aromatic nitrogens is 1. The first-order valence-electron chi connectivity index (χ1n) is 5.29. The fourth-order valence-corrected chi connectivity index (χ4v) is 2.00. The number of hydrogen-bond acceptors (Lipinski definition) is 3. The van der Waals surface area contributed by atoms with Crippen LogP contribution in [0.1, 0.15) is 19.3 Å². The van der Waals surface area contributed by atoms with Gasteiger partial charge in [-0.3, -0.25) is 9.78 Å². The molecule has 1 saturated carbocycles. The second-order valence-electron chi connectivity index (χ2n) is 4.15. The van der Waals surface area contributed by atoms with Gasteiger partial charge < -0.3 is 11.1 Å². The zero-order chi connectivity index (χ0) is 11.6. The molecular weight excluding hydrogens is 226 g/mol. The van der Waals surface area contributed by atoms with Gasteiger partial charge in [-0.1, -0.05) is 18.0 Å². The van der Waals surface area contributed by atoms with E-state index in [0.717, 1.165) is 19.3 Å². The summed E-state index contributed by atoms with van der Waals surface area (Å²) < 4.78 is 0. The molecule has 0 aliphatic heterocycles. The van der Waals surface area contributed by atoms with Crippen LogP contribution in [0, 0.1) is 5.41 Å². The summed E-state index contributed by atoms with van der Waals surface area (Å²) in [7, 11) is 0. The van der Waals surface area contributed by atoms with Crippen molar-refractivity contribution in [2.45, 2.75) is 19.3 Å².